The summed E-state index contributed by atoms with van der Waals surface area (Å²) in [6, 6.07) is 19.7. The third-order valence-corrected chi connectivity index (χ3v) is 5.55. The first-order valence-electron chi connectivity index (χ1n) is 8.83. The number of hydrogen-bond acceptors (Lipinski definition) is 5. The van der Waals surface area contributed by atoms with Gasteiger partial charge in [-0.05, 0) is 30.3 Å². The second-order valence-electron chi connectivity index (χ2n) is 6.55. The number of carbonyl (C=O) groups excluding carboxylic acids is 2. The van der Waals surface area contributed by atoms with Crippen LogP contribution in [0.1, 0.15) is 26.3 Å². The molecule has 0 fully saturated rings. The third kappa shape index (κ3) is 3.28. The van der Waals surface area contributed by atoms with Crippen molar-refractivity contribution < 1.29 is 27.7 Å². The van der Waals surface area contributed by atoms with E-state index < -0.39 is 32.6 Å². The summed E-state index contributed by atoms with van der Waals surface area (Å²) in [5, 5.41) is 10.9. The van der Waals surface area contributed by atoms with Crippen molar-refractivity contribution in [1.82, 2.24) is 4.57 Å². The van der Waals surface area contributed by atoms with Gasteiger partial charge in [-0.2, -0.15) is 8.42 Å². The van der Waals surface area contributed by atoms with Crippen LogP contribution in [0.25, 0.3) is 10.9 Å². The Morgan fingerprint density at radius 1 is 0.800 bits per heavy atom. The molecule has 30 heavy (non-hydrogen) atoms. The van der Waals surface area contributed by atoms with Gasteiger partial charge in [-0.25, -0.2) is 4.57 Å². The molecular formula is C22H15NO6S. The van der Waals surface area contributed by atoms with Gasteiger partial charge < -0.3 is 5.11 Å². The highest BCUT2D eigenvalue weighted by atomic mass is 32.2. The first kappa shape index (κ1) is 19.6. The molecule has 0 unspecified atom stereocenters. The lowest BCUT2D eigenvalue weighted by Crippen LogP contribution is -2.11. The maximum Gasteiger partial charge on any atom is 0.294 e. The number of aromatic nitrogens is 1. The highest BCUT2D eigenvalue weighted by Crippen LogP contribution is 2.35. The molecule has 0 amide bonds. The molecule has 2 N–H and O–H groups in total. The number of benzene rings is 3. The Bertz CT molecular complexity index is 1390. The van der Waals surface area contributed by atoms with E-state index in [4.69, 9.17) is 0 Å². The first-order chi connectivity index (χ1) is 14.3. The lowest BCUT2D eigenvalue weighted by molar-refractivity contribution is 0.0956. The Morgan fingerprint density at radius 2 is 1.37 bits per heavy atom. The average Bonchev–Trinajstić information content (AvgIpc) is 3.04. The molecule has 7 nitrogen and oxygen atoms in total. The molecule has 0 bridgehead atoms. The molecule has 0 saturated heterocycles. The molecular weight excluding hydrogens is 406 g/mol. The van der Waals surface area contributed by atoms with Crippen LogP contribution in [0.5, 0.6) is 5.88 Å². The predicted octanol–water partition coefficient (Wildman–Crippen LogP) is 3.51. The van der Waals surface area contributed by atoms with E-state index in [0.29, 0.717) is 0 Å². The molecule has 1 aromatic heterocycles. The number of aromatic hydroxyl groups is 1. The number of ketones is 1. The normalized spacial score (nSPS) is 11.5. The zero-order chi connectivity index (χ0) is 21.5. The first-order valence-corrected chi connectivity index (χ1v) is 10.3. The van der Waals surface area contributed by atoms with Gasteiger partial charge in [0.15, 0.2) is 5.78 Å². The maximum absolute atomic E-state index is 13.1. The summed E-state index contributed by atoms with van der Waals surface area (Å²) in [6.45, 7) is 0. The fourth-order valence-corrected chi connectivity index (χ4v) is 3.80. The van der Waals surface area contributed by atoms with Crippen LogP contribution in [0.15, 0.2) is 83.8 Å². The van der Waals surface area contributed by atoms with E-state index in [9.17, 15) is 27.7 Å². The largest absolute Gasteiger partial charge is 0.494 e. The number of fused-ring (bicyclic) bond motifs is 1. The minimum absolute atomic E-state index is 0.0285. The minimum atomic E-state index is -4.56. The van der Waals surface area contributed by atoms with Gasteiger partial charge in [0.25, 0.3) is 16.0 Å². The standard InChI is InChI=1S/C22H15NO6S/c24-20(14-7-3-1-4-8-14)19-17-13-16(30(27,28)29)11-12-18(17)23(22(19)26)21(25)15-9-5-2-6-10-15/h1-13,26H,(H,27,28,29). The molecule has 4 aromatic rings. The Labute approximate surface area is 171 Å². The summed E-state index contributed by atoms with van der Waals surface area (Å²) in [5.41, 5.74) is 0.414. The molecule has 0 aliphatic carbocycles. The monoisotopic (exact) mass is 421 g/mol. The Hall–Kier alpha value is -3.75. The Kier molecular flexibility index (Phi) is 4.73. The Morgan fingerprint density at radius 3 is 1.93 bits per heavy atom. The molecule has 3 aromatic carbocycles. The van der Waals surface area contributed by atoms with Gasteiger partial charge in [-0.1, -0.05) is 48.5 Å². The van der Waals surface area contributed by atoms with Crippen molar-refractivity contribution in [2.75, 3.05) is 0 Å². The van der Waals surface area contributed by atoms with Gasteiger partial charge in [0, 0.05) is 16.5 Å². The van der Waals surface area contributed by atoms with Crippen LogP contribution in [0.2, 0.25) is 0 Å². The van der Waals surface area contributed by atoms with Gasteiger partial charge in [0.05, 0.1) is 16.0 Å². The molecule has 0 atom stereocenters. The number of carbonyl (C=O) groups is 2. The molecule has 0 spiro atoms. The van der Waals surface area contributed by atoms with Crippen LogP contribution >= 0.6 is 0 Å². The van der Waals surface area contributed by atoms with E-state index >= 15 is 0 Å². The molecule has 0 aliphatic heterocycles. The van der Waals surface area contributed by atoms with Gasteiger partial charge in [0.2, 0.25) is 5.88 Å². The van der Waals surface area contributed by atoms with Crippen LogP contribution in [0.3, 0.4) is 0 Å². The van der Waals surface area contributed by atoms with Crippen LogP contribution in [-0.4, -0.2) is 34.3 Å². The summed E-state index contributed by atoms with van der Waals surface area (Å²) < 4.78 is 33.6. The quantitative estimate of drug-likeness (QED) is 0.385. The van der Waals surface area contributed by atoms with Crippen LogP contribution < -0.4 is 0 Å². The molecule has 150 valence electrons. The molecule has 4 rings (SSSR count). The van der Waals surface area contributed by atoms with Gasteiger partial charge >= 0.3 is 0 Å². The van der Waals surface area contributed by atoms with Gasteiger partial charge in [-0.15, -0.1) is 0 Å². The van der Waals surface area contributed by atoms with E-state index in [1.807, 2.05) is 0 Å². The smallest absolute Gasteiger partial charge is 0.294 e. The number of nitrogens with zero attached hydrogens (tertiary/aromatic N) is 1. The maximum atomic E-state index is 13.1. The summed E-state index contributed by atoms with van der Waals surface area (Å²) >= 11 is 0. The highest BCUT2D eigenvalue weighted by Gasteiger charge is 2.28. The summed E-state index contributed by atoms with van der Waals surface area (Å²) in [6.07, 6.45) is 0. The summed E-state index contributed by atoms with van der Waals surface area (Å²) in [5.74, 6) is -1.80. The summed E-state index contributed by atoms with van der Waals surface area (Å²) in [4.78, 5) is 25.7. The molecule has 0 saturated carbocycles. The fraction of sp³-hybridized carbons (Fsp3) is 0. The zero-order valence-corrected chi connectivity index (χ0v) is 16.2. The fourth-order valence-electron chi connectivity index (χ4n) is 3.29. The van der Waals surface area contributed by atoms with Crippen LogP contribution in [0.4, 0.5) is 0 Å². The van der Waals surface area contributed by atoms with Crippen LogP contribution in [-0.2, 0) is 10.1 Å². The molecule has 0 aliphatic rings. The summed E-state index contributed by atoms with van der Waals surface area (Å²) in [7, 11) is -4.56. The second-order valence-corrected chi connectivity index (χ2v) is 7.98. The molecule has 0 radical (unpaired) electrons. The third-order valence-electron chi connectivity index (χ3n) is 4.70. The van der Waals surface area contributed by atoms with Gasteiger partial charge in [0.1, 0.15) is 0 Å². The lowest BCUT2D eigenvalue weighted by Gasteiger charge is -2.06. The highest BCUT2D eigenvalue weighted by molar-refractivity contribution is 7.85. The molecule has 8 heteroatoms. The number of hydrogen-bond donors (Lipinski definition) is 2. The van der Waals surface area contributed by atoms with E-state index in [1.165, 1.54) is 18.2 Å². The van der Waals surface area contributed by atoms with Crippen molar-refractivity contribution in [1.29, 1.82) is 0 Å². The van der Waals surface area contributed by atoms with E-state index in [-0.39, 0.29) is 27.6 Å². The van der Waals surface area contributed by atoms with E-state index in [2.05, 4.69) is 0 Å². The van der Waals surface area contributed by atoms with Gasteiger partial charge in [-0.3, -0.25) is 14.1 Å². The molecule has 1 heterocycles. The van der Waals surface area contributed by atoms with Crippen molar-refractivity contribution >= 4 is 32.7 Å². The van der Waals surface area contributed by atoms with Crippen LogP contribution in [0, 0.1) is 0 Å². The van der Waals surface area contributed by atoms with Crippen molar-refractivity contribution in [3.8, 4) is 5.88 Å². The van der Waals surface area contributed by atoms with Crippen molar-refractivity contribution in [2.24, 2.45) is 0 Å². The second kappa shape index (κ2) is 7.25. The topological polar surface area (TPSA) is 114 Å². The number of rotatable bonds is 4. The Balaban J connectivity index is 2.03. The van der Waals surface area contributed by atoms with Crippen molar-refractivity contribution in [2.45, 2.75) is 4.90 Å². The SMILES string of the molecule is O=C(c1ccccc1)c1c(O)n(C(=O)c2ccccc2)c2ccc(S(=O)(=O)O)cc12. The van der Waals surface area contributed by atoms with E-state index in [1.54, 1.807) is 48.5 Å². The van der Waals surface area contributed by atoms with E-state index in [0.717, 1.165) is 16.7 Å². The lowest BCUT2D eigenvalue weighted by atomic mass is 10.0. The van der Waals surface area contributed by atoms with Crippen molar-refractivity contribution in [3.63, 3.8) is 0 Å². The zero-order valence-electron chi connectivity index (χ0n) is 15.4. The van der Waals surface area contributed by atoms with Crippen molar-refractivity contribution in [3.05, 3.63) is 95.6 Å². The minimum Gasteiger partial charge on any atom is -0.494 e. The predicted molar refractivity (Wildman–Crippen MR) is 109 cm³/mol. The average molecular weight is 421 g/mol.